The molecule has 1 N–H and O–H groups in total. The molecule has 3 rings (SSSR count). The number of rotatable bonds is 2. The first kappa shape index (κ1) is 12.2. The van der Waals surface area contributed by atoms with Crippen molar-refractivity contribution >= 4 is 12.2 Å². The molecule has 0 bridgehead atoms. The van der Waals surface area contributed by atoms with Crippen LogP contribution in [0.4, 0.5) is 0 Å². The van der Waals surface area contributed by atoms with Gasteiger partial charge in [-0.3, -0.25) is 0 Å². The molecule has 0 aliphatic heterocycles. The van der Waals surface area contributed by atoms with Gasteiger partial charge in [-0.2, -0.15) is 0 Å². The van der Waals surface area contributed by atoms with Gasteiger partial charge in [-0.15, -0.1) is 0 Å². The fourth-order valence-corrected chi connectivity index (χ4v) is 2.64. The Morgan fingerprint density at radius 2 is 2.11 bits per heavy atom. The molecule has 0 radical (unpaired) electrons. The van der Waals surface area contributed by atoms with Crippen LogP contribution in [0.25, 0.3) is 11.5 Å². The van der Waals surface area contributed by atoms with Gasteiger partial charge in [0.15, 0.2) is 5.82 Å². The van der Waals surface area contributed by atoms with Crippen LogP contribution in [-0.2, 0) is 12.8 Å². The van der Waals surface area contributed by atoms with Gasteiger partial charge in [0.2, 0.25) is 5.88 Å². The van der Waals surface area contributed by atoms with Gasteiger partial charge < -0.3 is 9.72 Å². The summed E-state index contributed by atoms with van der Waals surface area (Å²) in [5.41, 5.74) is 3.08. The van der Waals surface area contributed by atoms with Crippen molar-refractivity contribution in [1.29, 1.82) is 0 Å². The molecule has 0 amide bonds. The summed E-state index contributed by atoms with van der Waals surface area (Å²) >= 11 is 5.38. The summed E-state index contributed by atoms with van der Waals surface area (Å²) in [6.45, 7) is 0. The minimum atomic E-state index is 0.517. The van der Waals surface area contributed by atoms with E-state index in [1.165, 1.54) is 30.4 Å². The van der Waals surface area contributed by atoms with Gasteiger partial charge in [0.1, 0.15) is 16.7 Å². The molecule has 0 saturated carbocycles. The first-order valence-electron chi connectivity index (χ1n) is 6.26. The van der Waals surface area contributed by atoms with Crippen molar-refractivity contribution in [2.45, 2.75) is 25.7 Å². The number of aromatic amines is 1. The van der Waals surface area contributed by atoms with Crippen molar-refractivity contribution in [1.82, 2.24) is 19.9 Å². The highest BCUT2D eigenvalue weighted by Crippen LogP contribution is 2.23. The number of fused-ring (bicyclic) bond motifs is 1. The van der Waals surface area contributed by atoms with Crippen LogP contribution in [0, 0.1) is 4.64 Å². The van der Waals surface area contributed by atoms with Crippen molar-refractivity contribution in [2.75, 3.05) is 7.11 Å². The number of aryl methyl sites for hydroxylation is 1. The number of ether oxygens (including phenoxy) is 1. The van der Waals surface area contributed by atoms with E-state index in [2.05, 4.69) is 19.9 Å². The number of hydrogen-bond acceptors (Lipinski definition) is 5. The Labute approximate surface area is 116 Å². The second kappa shape index (κ2) is 5.05. The van der Waals surface area contributed by atoms with Crippen LogP contribution in [0.15, 0.2) is 12.4 Å². The topological polar surface area (TPSA) is 63.7 Å². The van der Waals surface area contributed by atoms with E-state index in [-0.39, 0.29) is 0 Å². The number of aromatic nitrogens is 4. The smallest absolute Gasteiger partial charge is 0.216 e. The van der Waals surface area contributed by atoms with Gasteiger partial charge in [-0.05, 0) is 25.7 Å². The molecular formula is C13H14N4OS. The zero-order chi connectivity index (χ0) is 13.2. The molecular weight excluding hydrogens is 260 g/mol. The molecule has 0 fully saturated rings. The predicted molar refractivity (Wildman–Crippen MR) is 73.6 cm³/mol. The second-order valence-corrected chi connectivity index (χ2v) is 4.89. The van der Waals surface area contributed by atoms with Crippen molar-refractivity contribution in [3.05, 3.63) is 28.3 Å². The van der Waals surface area contributed by atoms with E-state index in [1.54, 1.807) is 13.2 Å². The van der Waals surface area contributed by atoms with Gasteiger partial charge in [-0.25, -0.2) is 15.0 Å². The summed E-state index contributed by atoms with van der Waals surface area (Å²) in [7, 11) is 1.58. The van der Waals surface area contributed by atoms with Crippen LogP contribution in [0.5, 0.6) is 5.88 Å². The molecule has 2 aromatic heterocycles. The maximum absolute atomic E-state index is 5.38. The first-order valence-corrected chi connectivity index (χ1v) is 6.67. The van der Waals surface area contributed by atoms with Gasteiger partial charge in [0.25, 0.3) is 0 Å². The lowest BCUT2D eigenvalue weighted by Gasteiger charge is -2.16. The van der Waals surface area contributed by atoms with E-state index in [0.29, 0.717) is 22.0 Å². The highest BCUT2D eigenvalue weighted by Gasteiger charge is 2.14. The van der Waals surface area contributed by atoms with Crippen LogP contribution in [-0.4, -0.2) is 27.0 Å². The third kappa shape index (κ3) is 2.35. The van der Waals surface area contributed by atoms with E-state index >= 15 is 0 Å². The third-order valence-electron chi connectivity index (χ3n) is 3.30. The van der Waals surface area contributed by atoms with Crippen molar-refractivity contribution < 1.29 is 4.74 Å². The van der Waals surface area contributed by atoms with E-state index in [4.69, 9.17) is 17.0 Å². The fourth-order valence-electron chi connectivity index (χ4n) is 2.32. The molecule has 98 valence electrons. The number of nitrogens with zero attached hydrogens (tertiary/aromatic N) is 3. The van der Waals surface area contributed by atoms with E-state index in [0.717, 1.165) is 12.8 Å². The first-order chi connectivity index (χ1) is 9.28. The summed E-state index contributed by atoms with van der Waals surface area (Å²) in [4.78, 5) is 16.0. The minimum absolute atomic E-state index is 0.517. The Balaban J connectivity index is 2.10. The van der Waals surface area contributed by atoms with Crippen molar-refractivity contribution in [3.8, 4) is 17.4 Å². The number of nitrogens with one attached hydrogen (secondary N) is 1. The van der Waals surface area contributed by atoms with E-state index in [1.807, 2.05) is 0 Å². The number of H-pyrrole nitrogens is 1. The van der Waals surface area contributed by atoms with Gasteiger partial charge in [0.05, 0.1) is 7.11 Å². The number of hydrogen-bond donors (Lipinski definition) is 1. The molecule has 19 heavy (non-hydrogen) atoms. The molecule has 1 aliphatic carbocycles. The van der Waals surface area contributed by atoms with Crippen LogP contribution < -0.4 is 4.74 Å². The Morgan fingerprint density at radius 1 is 1.26 bits per heavy atom. The lowest BCUT2D eigenvalue weighted by Crippen LogP contribution is -2.09. The average molecular weight is 274 g/mol. The van der Waals surface area contributed by atoms with Crippen LogP contribution in [0.1, 0.15) is 24.1 Å². The fraction of sp³-hybridized carbons (Fsp3) is 0.385. The SMILES string of the molecule is COc1cc(-c2nc(=S)c3c([nH]2)CCCC3)ncn1. The Kier molecular flexibility index (Phi) is 3.25. The van der Waals surface area contributed by atoms with Crippen molar-refractivity contribution in [2.24, 2.45) is 0 Å². The summed E-state index contributed by atoms with van der Waals surface area (Å²) in [5.74, 6) is 1.20. The standard InChI is InChI=1S/C13H14N4OS/c1-18-11-6-10(14-7-15-11)12-16-9-5-3-2-4-8(9)13(19)17-12/h6-7H,2-5H2,1H3,(H,16,17,19). The normalized spacial score (nSPS) is 13.9. The lowest BCUT2D eigenvalue weighted by atomic mass is 9.97. The summed E-state index contributed by atoms with van der Waals surface area (Å²) in [6, 6.07) is 1.75. The summed E-state index contributed by atoms with van der Waals surface area (Å²) in [5, 5.41) is 0. The minimum Gasteiger partial charge on any atom is -0.481 e. The van der Waals surface area contributed by atoms with Crippen molar-refractivity contribution in [3.63, 3.8) is 0 Å². The van der Waals surface area contributed by atoms with Crippen LogP contribution in [0.2, 0.25) is 0 Å². The molecule has 5 nitrogen and oxygen atoms in total. The zero-order valence-corrected chi connectivity index (χ0v) is 11.5. The maximum atomic E-state index is 5.38. The van der Waals surface area contributed by atoms with E-state index < -0.39 is 0 Å². The lowest BCUT2D eigenvalue weighted by molar-refractivity contribution is 0.397. The maximum Gasteiger partial charge on any atom is 0.216 e. The highest BCUT2D eigenvalue weighted by atomic mass is 32.1. The molecule has 0 atom stereocenters. The Bertz CT molecular complexity index is 668. The van der Waals surface area contributed by atoms with E-state index in [9.17, 15) is 0 Å². The molecule has 0 aromatic carbocycles. The number of methoxy groups -OCH3 is 1. The van der Waals surface area contributed by atoms with Gasteiger partial charge in [-0.1, -0.05) is 12.2 Å². The quantitative estimate of drug-likeness (QED) is 0.852. The predicted octanol–water partition coefficient (Wildman–Crippen LogP) is 2.48. The largest absolute Gasteiger partial charge is 0.481 e. The molecule has 0 unspecified atom stereocenters. The summed E-state index contributed by atoms with van der Waals surface area (Å²) < 4.78 is 5.78. The van der Waals surface area contributed by atoms with Gasteiger partial charge in [0, 0.05) is 17.3 Å². The Morgan fingerprint density at radius 3 is 2.95 bits per heavy atom. The molecule has 0 spiro atoms. The highest BCUT2D eigenvalue weighted by molar-refractivity contribution is 7.71. The van der Waals surface area contributed by atoms with Crippen LogP contribution >= 0.6 is 12.2 Å². The van der Waals surface area contributed by atoms with Crippen LogP contribution in [0.3, 0.4) is 0 Å². The monoisotopic (exact) mass is 274 g/mol. The zero-order valence-electron chi connectivity index (χ0n) is 10.6. The molecule has 1 aliphatic rings. The second-order valence-electron chi connectivity index (χ2n) is 4.50. The molecule has 2 aromatic rings. The Hall–Kier alpha value is -1.82. The summed E-state index contributed by atoms with van der Waals surface area (Å²) in [6.07, 6.45) is 5.88. The van der Waals surface area contributed by atoms with Gasteiger partial charge >= 0.3 is 0 Å². The molecule has 0 saturated heterocycles. The molecule has 2 heterocycles. The molecule has 6 heteroatoms. The average Bonchev–Trinajstić information content (AvgIpc) is 2.47. The third-order valence-corrected chi connectivity index (χ3v) is 3.64.